The first-order valence-corrected chi connectivity index (χ1v) is 7.83. The van der Waals surface area contributed by atoms with Crippen LogP contribution in [0, 0.1) is 5.82 Å². The average molecular weight is 327 g/mol. The van der Waals surface area contributed by atoms with E-state index in [0.717, 1.165) is 17.3 Å². The van der Waals surface area contributed by atoms with E-state index in [0.29, 0.717) is 24.2 Å². The zero-order chi connectivity index (χ0) is 13.6. The molecule has 2 fully saturated rings. The summed E-state index contributed by atoms with van der Waals surface area (Å²) in [6.07, 6.45) is 4.70. The lowest BCUT2D eigenvalue weighted by atomic mass is 9.94. The first-order chi connectivity index (χ1) is 9.06. The second kappa shape index (κ2) is 5.15. The van der Waals surface area contributed by atoms with Gasteiger partial charge in [0.05, 0.1) is 0 Å². The summed E-state index contributed by atoms with van der Waals surface area (Å²) in [4.78, 5) is 2.60. The molecular weight excluding hydrogens is 307 g/mol. The third kappa shape index (κ3) is 2.46. The van der Waals surface area contributed by atoms with Crippen molar-refractivity contribution in [1.29, 1.82) is 0 Å². The summed E-state index contributed by atoms with van der Waals surface area (Å²) in [7, 11) is 0. The molecule has 2 aliphatic rings. The van der Waals surface area contributed by atoms with E-state index in [9.17, 15) is 4.39 Å². The summed E-state index contributed by atoms with van der Waals surface area (Å²) in [5.74, 6) is -0.188. The molecule has 19 heavy (non-hydrogen) atoms. The maximum atomic E-state index is 13.2. The van der Waals surface area contributed by atoms with E-state index in [-0.39, 0.29) is 5.82 Å². The van der Waals surface area contributed by atoms with E-state index in [1.165, 1.54) is 18.4 Å². The third-order valence-corrected chi connectivity index (χ3v) is 5.37. The van der Waals surface area contributed by atoms with Crippen LogP contribution in [0.5, 0.6) is 0 Å². The number of benzene rings is 1. The van der Waals surface area contributed by atoms with Gasteiger partial charge in [0.25, 0.3) is 0 Å². The van der Waals surface area contributed by atoms with E-state index in [4.69, 9.17) is 5.73 Å². The Bertz CT molecular complexity index is 465. The van der Waals surface area contributed by atoms with Crippen LogP contribution < -0.4 is 5.73 Å². The van der Waals surface area contributed by atoms with Gasteiger partial charge in [-0.3, -0.25) is 4.90 Å². The Balaban J connectivity index is 1.86. The number of halogens is 2. The number of nitrogens with zero attached hydrogens (tertiary/aromatic N) is 1. The Hall–Kier alpha value is -0.450. The molecule has 104 valence electrons. The number of hydrogen-bond acceptors (Lipinski definition) is 2. The van der Waals surface area contributed by atoms with Crippen LogP contribution >= 0.6 is 15.9 Å². The van der Waals surface area contributed by atoms with Crippen molar-refractivity contribution in [2.45, 2.75) is 56.8 Å². The molecule has 2 nitrogen and oxygen atoms in total. The van der Waals surface area contributed by atoms with Crippen LogP contribution in [0.3, 0.4) is 0 Å². The van der Waals surface area contributed by atoms with Crippen molar-refractivity contribution >= 4 is 15.9 Å². The van der Waals surface area contributed by atoms with Crippen molar-refractivity contribution in [3.63, 3.8) is 0 Å². The summed E-state index contributed by atoms with van der Waals surface area (Å²) in [5.41, 5.74) is 7.30. The molecule has 3 atom stereocenters. The highest BCUT2D eigenvalue weighted by Crippen LogP contribution is 2.42. The first kappa shape index (κ1) is 13.5. The molecule has 0 radical (unpaired) electrons. The van der Waals surface area contributed by atoms with Gasteiger partial charge in [-0.15, -0.1) is 0 Å². The summed E-state index contributed by atoms with van der Waals surface area (Å²) in [5, 5.41) is 0. The van der Waals surface area contributed by atoms with E-state index in [2.05, 4.69) is 27.8 Å². The van der Waals surface area contributed by atoms with Gasteiger partial charge in [-0.2, -0.15) is 0 Å². The van der Waals surface area contributed by atoms with Crippen molar-refractivity contribution in [2.75, 3.05) is 0 Å². The molecule has 2 bridgehead atoms. The molecule has 1 aromatic carbocycles. The Kier molecular flexibility index (Phi) is 3.67. The highest BCUT2D eigenvalue weighted by Gasteiger charge is 2.42. The van der Waals surface area contributed by atoms with Gasteiger partial charge >= 0.3 is 0 Å². The van der Waals surface area contributed by atoms with Gasteiger partial charge in [-0.25, -0.2) is 4.39 Å². The highest BCUT2D eigenvalue weighted by atomic mass is 79.9. The minimum Gasteiger partial charge on any atom is -0.328 e. The zero-order valence-corrected chi connectivity index (χ0v) is 12.7. The fraction of sp³-hybridized carbons (Fsp3) is 0.600. The molecule has 2 N–H and O–H groups in total. The maximum absolute atomic E-state index is 13.2. The average Bonchev–Trinajstić information content (AvgIpc) is 2.61. The van der Waals surface area contributed by atoms with Crippen molar-refractivity contribution in [2.24, 2.45) is 5.73 Å². The van der Waals surface area contributed by atoms with E-state index < -0.39 is 0 Å². The molecule has 0 amide bonds. The van der Waals surface area contributed by atoms with Crippen LogP contribution in [0.25, 0.3) is 0 Å². The number of fused-ring (bicyclic) bond motifs is 2. The molecule has 4 heteroatoms. The van der Waals surface area contributed by atoms with Gasteiger partial charge < -0.3 is 5.73 Å². The number of piperidine rings is 1. The molecule has 3 unspecified atom stereocenters. The second-order valence-electron chi connectivity index (χ2n) is 5.91. The molecule has 0 aliphatic carbocycles. The van der Waals surface area contributed by atoms with Crippen molar-refractivity contribution in [3.05, 3.63) is 34.1 Å². The van der Waals surface area contributed by atoms with E-state index >= 15 is 0 Å². The van der Waals surface area contributed by atoms with Crippen LogP contribution in [0.2, 0.25) is 0 Å². The topological polar surface area (TPSA) is 29.3 Å². The highest BCUT2D eigenvalue weighted by molar-refractivity contribution is 9.10. The quantitative estimate of drug-likeness (QED) is 0.899. The predicted molar refractivity (Wildman–Crippen MR) is 78.4 cm³/mol. The van der Waals surface area contributed by atoms with Crippen LogP contribution in [-0.4, -0.2) is 23.0 Å². The largest absolute Gasteiger partial charge is 0.328 e. The monoisotopic (exact) mass is 326 g/mol. The molecule has 2 heterocycles. The van der Waals surface area contributed by atoms with Gasteiger partial charge in [-0.1, -0.05) is 22.0 Å². The minimum atomic E-state index is -0.188. The minimum absolute atomic E-state index is 0.188. The van der Waals surface area contributed by atoms with Gasteiger partial charge in [0.15, 0.2) is 0 Å². The molecule has 0 aromatic heterocycles. The molecule has 2 aliphatic heterocycles. The van der Waals surface area contributed by atoms with E-state index in [1.807, 2.05) is 6.07 Å². The fourth-order valence-corrected chi connectivity index (χ4v) is 4.57. The Labute approximate surface area is 122 Å². The van der Waals surface area contributed by atoms with Crippen LogP contribution in [0.4, 0.5) is 4.39 Å². The SMILES string of the molecule is CC(c1ccc(F)cc1Br)N1C2CCC1CC(N)C2. The van der Waals surface area contributed by atoms with Gasteiger partial charge in [0.1, 0.15) is 5.82 Å². The number of nitrogens with two attached hydrogens (primary N) is 1. The molecule has 0 spiro atoms. The summed E-state index contributed by atoms with van der Waals surface area (Å²) in [6.45, 7) is 2.22. The number of rotatable bonds is 2. The lowest BCUT2D eigenvalue weighted by Crippen LogP contribution is -2.48. The predicted octanol–water partition coefficient (Wildman–Crippen LogP) is 3.60. The Morgan fingerprint density at radius 1 is 1.32 bits per heavy atom. The van der Waals surface area contributed by atoms with Crippen molar-refractivity contribution < 1.29 is 4.39 Å². The Morgan fingerprint density at radius 3 is 2.53 bits per heavy atom. The van der Waals surface area contributed by atoms with Crippen molar-refractivity contribution in [3.8, 4) is 0 Å². The van der Waals surface area contributed by atoms with Crippen LogP contribution in [0.15, 0.2) is 22.7 Å². The summed E-state index contributed by atoms with van der Waals surface area (Å²) < 4.78 is 14.1. The number of hydrogen-bond donors (Lipinski definition) is 1. The maximum Gasteiger partial charge on any atom is 0.124 e. The van der Waals surface area contributed by atoms with E-state index in [1.54, 1.807) is 12.1 Å². The third-order valence-electron chi connectivity index (χ3n) is 4.69. The normalized spacial score (nSPS) is 32.5. The standard InChI is InChI=1S/C15H20BrFN2/c1-9(14-5-2-10(17)6-15(14)16)19-12-3-4-13(19)8-11(18)7-12/h2,5-6,9,11-13H,3-4,7-8,18H2,1H3. The zero-order valence-electron chi connectivity index (χ0n) is 11.2. The first-order valence-electron chi connectivity index (χ1n) is 7.04. The Morgan fingerprint density at radius 2 is 1.95 bits per heavy atom. The summed E-state index contributed by atoms with van der Waals surface area (Å²) >= 11 is 3.50. The van der Waals surface area contributed by atoms with Crippen LogP contribution in [0.1, 0.15) is 44.2 Å². The molecule has 0 saturated carbocycles. The smallest absolute Gasteiger partial charge is 0.124 e. The molecule has 1 aromatic rings. The lowest BCUT2D eigenvalue weighted by molar-refractivity contribution is 0.0850. The van der Waals surface area contributed by atoms with Gasteiger partial charge in [-0.05, 0) is 50.3 Å². The van der Waals surface area contributed by atoms with Gasteiger partial charge in [0, 0.05) is 28.6 Å². The van der Waals surface area contributed by atoms with Crippen molar-refractivity contribution in [1.82, 2.24) is 4.90 Å². The lowest BCUT2D eigenvalue weighted by Gasteiger charge is -2.42. The molecule has 3 rings (SSSR count). The fourth-order valence-electron chi connectivity index (χ4n) is 3.89. The molecular formula is C15H20BrFN2. The van der Waals surface area contributed by atoms with Crippen LogP contribution in [-0.2, 0) is 0 Å². The molecule has 2 saturated heterocycles. The second-order valence-corrected chi connectivity index (χ2v) is 6.76. The summed E-state index contributed by atoms with van der Waals surface area (Å²) in [6, 6.07) is 6.88. The van der Waals surface area contributed by atoms with Gasteiger partial charge in [0.2, 0.25) is 0 Å².